The van der Waals surface area contributed by atoms with Crippen molar-refractivity contribution in [1.82, 2.24) is 19.6 Å². The van der Waals surface area contributed by atoms with Crippen molar-refractivity contribution < 1.29 is 50.6 Å². The van der Waals surface area contributed by atoms with E-state index in [9.17, 15) is 35.9 Å². The second kappa shape index (κ2) is 14.2. The highest BCUT2D eigenvalue weighted by Gasteiger charge is 2.38. The summed E-state index contributed by atoms with van der Waals surface area (Å²) in [5, 5.41) is 14.0. The monoisotopic (exact) mass is 629 g/mol. The first kappa shape index (κ1) is 33.9. The number of hydrogen-bond acceptors (Lipinski definition) is 6. The maximum absolute atomic E-state index is 13.0. The molecule has 4 rings (SSSR count). The van der Waals surface area contributed by atoms with E-state index in [1.54, 1.807) is 43.0 Å². The lowest BCUT2D eigenvalue weighted by atomic mass is 10.1. The number of hydrogen-bond donors (Lipinski definition) is 2. The van der Waals surface area contributed by atoms with E-state index < -0.39 is 29.8 Å². The molecule has 0 radical (unpaired) electrons. The predicted octanol–water partition coefficient (Wildman–Crippen LogP) is 4.53. The van der Waals surface area contributed by atoms with Crippen LogP contribution in [0.1, 0.15) is 22.8 Å². The van der Waals surface area contributed by atoms with E-state index in [-0.39, 0.29) is 11.5 Å². The highest BCUT2D eigenvalue weighted by Crippen LogP contribution is 2.33. The third kappa shape index (κ3) is 9.45. The molecular weight excluding hydrogens is 600 g/mol. The average molecular weight is 630 g/mol. The minimum absolute atomic E-state index is 0.0805. The smallest absolute Gasteiger partial charge is 0.490 e. The number of amides is 2. The van der Waals surface area contributed by atoms with Gasteiger partial charge in [0.1, 0.15) is 12.4 Å². The Bertz CT molecular complexity index is 1470. The van der Waals surface area contributed by atoms with Crippen LogP contribution in [-0.2, 0) is 22.8 Å². The Morgan fingerprint density at radius 3 is 2.18 bits per heavy atom. The van der Waals surface area contributed by atoms with Gasteiger partial charge in [-0.25, -0.2) is 4.79 Å². The third-order valence-electron chi connectivity index (χ3n) is 6.51. The summed E-state index contributed by atoms with van der Waals surface area (Å²) in [5.41, 5.74) is 0.860. The van der Waals surface area contributed by atoms with Crippen LogP contribution in [0.25, 0.3) is 11.3 Å². The molecule has 2 amide bonds. The Balaban J connectivity index is 0.000000676. The molecule has 0 bridgehead atoms. The van der Waals surface area contributed by atoms with Gasteiger partial charge in [-0.05, 0) is 42.5 Å². The number of piperazine rings is 1. The fraction of sp³-hybridized carbons (Fsp3) is 0.357. The number of anilines is 1. The van der Waals surface area contributed by atoms with E-state index in [2.05, 4.69) is 15.3 Å². The van der Waals surface area contributed by atoms with E-state index in [4.69, 9.17) is 14.6 Å². The summed E-state index contributed by atoms with van der Waals surface area (Å²) < 4.78 is 78.6. The SMILES string of the molecule is CC(=O)N1CCN(CCOc2ccc(NC(=O)c3cccc(C(F)(F)F)c3)cc2-c2ccnn2C)CC1.O=C(O)C(F)(F)F. The summed E-state index contributed by atoms with van der Waals surface area (Å²) in [4.78, 5) is 37.2. The number of halogens is 6. The van der Waals surface area contributed by atoms with Crippen LogP contribution in [0.3, 0.4) is 0 Å². The molecule has 0 aliphatic carbocycles. The molecule has 0 unspecified atom stereocenters. The number of nitrogens with one attached hydrogen (secondary N) is 1. The average Bonchev–Trinajstić information content (AvgIpc) is 3.39. The summed E-state index contributed by atoms with van der Waals surface area (Å²) >= 11 is 0. The van der Waals surface area contributed by atoms with E-state index >= 15 is 0 Å². The molecule has 0 atom stereocenters. The van der Waals surface area contributed by atoms with Crippen molar-refractivity contribution in [2.75, 3.05) is 44.6 Å². The number of carbonyl (C=O) groups excluding carboxylic acids is 2. The fourth-order valence-electron chi connectivity index (χ4n) is 4.18. The van der Waals surface area contributed by atoms with Gasteiger partial charge in [-0.3, -0.25) is 19.2 Å². The molecule has 3 aromatic rings. The quantitative estimate of drug-likeness (QED) is 0.369. The number of rotatable bonds is 7. The van der Waals surface area contributed by atoms with Gasteiger partial charge in [0, 0.05) is 69.7 Å². The minimum Gasteiger partial charge on any atom is -0.492 e. The molecule has 0 spiro atoms. The highest BCUT2D eigenvalue weighted by atomic mass is 19.4. The first-order chi connectivity index (χ1) is 20.6. The van der Waals surface area contributed by atoms with Gasteiger partial charge in [-0.15, -0.1) is 0 Å². The summed E-state index contributed by atoms with van der Waals surface area (Å²) in [6.07, 6.45) is -7.98. The van der Waals surface area contributed by atoms with Crippen molar-refractivity contribution >= 4 is 23.5 Å². The van der Waals surface area contributed by atoms with Gasteiger partial charge in [0.15, 0.2) is 0 Å². The van der Waals surface area contributed by atoms with Crippen molar-refractivity contribution in [3.63, 3.8) is 0 Å². The number of ether oxygens (including phenoxy) is 1. The number of aryl methyl sites for hydroxylation is 1. The molecule has 1 fully saturated rings. The van der Waals surface area contributed by atoms with Crippen molar-refractivity contribution in [3.8, 4) is 17.0 Å². The predicted molar refractivity (Wildman–Crippen MR) is 146 cm³/mol. The Kier molecular flexibility index (Phi) is 11.0. The van der Waals surface area contributed by atoms with E-state index in [1.165, 1.54) is 12.1 Å². The molecule has 10 nitrogen and oxygen atoms in total. The van der Waals surface area contributed by atoms with Crippen LogP contribution in [0.4, 0.5) is 32.0 Å². The van der Waals surface area contributed by atoms with Crippen molar-refractivity contribution in [3.05, 3.63) is 65.9 Å². The third-order valence-corrected chi connectivity index (χ3v) is 6.51. The van der Waals surface area contributed by atoms with Gasteiger partial charge >= 0.3 is 18.3 Å². The molecule has 0 saturated carbocycles. The van der Waals surface area contributed by atoms with E-state index in [1.807, 2.05) is 11.0 Å². The maximum Gasteiger partial charge on any atom is 0.490 e. The second-order valence-corrected chi connectivity index (χ2v) is 9.58. The molecule has 2 aromatic carbocycles. The zero-order valence-electron chi connectivity index (χ0n) is 23.6. The number of carboxylic acid groups (broad SMARTS) is 1. The lowest BCUT2D eigenvalue weighted by Gasteiger charge is -2.34. The largest absolute Gasteiger partial charge is 0.492 e. The van der Waals surface area contributed by atoms with Crippen LogP contribution in [-0.4, -0.2) is 88.0 Å². The van der Waals surface area contributed by atoms with Crippen molar-refractivity contribution in [1.29, 1.82) is 0 Å². The Hall–Kier alpha value is -4.60. The zero-order chi connectivity index (χ0) is 32.7. The van der Waals surface area contributed by atoms with Crippen LogP contribution < -0.4 is 10.1 Å². The maximum atomic E-state index is 13.0. The summed E-state index contributed by atoms with van der Waals surface area (Å²) in [6.45, 7) is 5.61. The Labute approximate surface area is 247 Å². The molecule has 2 N–H and O–H groups in total. The molecule has 44 heavy (non-hydrogen) atoms. The van der Waals surface area contributed by atoms with Gasteiger partial charge in [0.25, 0.3) is 5.91 Å². The molecule has 1 aliphatic rings. The van der Waals surface area contributed by atoms with E-state index in [0.717, 1.165) is 30.9 Å². The lowest BCUT2D eigenvalue weighted by molar-refractivity contribution is -0.192. The lowest BCUT2D eigenvalue weighted by Crippen LogP contribution is -2.48. The standard InChI is InChI=1S/C26H28F3N5O3.C2HF3O2/c1-18(35)34-12-10-33(11-13-34)14-15-37-24-7-6-21(17-22(24)23-8-9-30-32(23)2)31-25(36)19-4-3-5-20(16-19)26(27,28)29;3-2(4,5)1(6)7/h3-9,16-17H,10-15H2,1-2H3,(H,31,36);(H,6,7). The molecule has 16 heteroatoms. The number of alkyl halides is 6. The van der Waals surface area contributed by atoms with Gasteiger partial charge in [0.2, 0.25) is 5.91 Å². The van der Waals surface area contributed by atoms with Crippen molar-refractivity contribution in [2.24, 2.45) is 7.05 Å². The molecule has 1 aromatic heterocycles. The second-order valence-electron chi connectivity index (χ2n) is 9.58. The molecular formula is C28H29F6N5O5. The summed E-state index contributed by atoms with van der Waals surface area (Å²) in [5.74, 6) is -2.74. The van der Waals surface area contributed by atoms with Gasteiger partial charge in [-0.1, -0.05) is 6.07 Å². The van der Waals surface area contributed by atoms with Gasteiger partial charge in [-0.2, -0.15) is 31.4 Å². The van der Waals surface area contributed by atoms with Crippen LogP contribution in [0.15, 0.2) is 54.7 Å². The summed E-state index contributed by atoms with van der Waals surface area (Å²) in [7, 11) is 1.78. The van der Waals surface area contributed by atoms with Crippen molar-refractivity contribution in [2.45, 2.75) is 19.3 Å². The molecule has 1 saturated heterocycles. The minimum atomic E-state index is -5.08. The van der Waals surface area contributed by atoms with Crippen LogP contribution in [0.2, 0.25) is 0 Å². The Morgan fingerprint density at radius 2 is 1.64 bits per heavy atom. The summed E-state index contributed by atoms with van der Waals surface area (Å²) in [6, 6.07) is 11.2. The van der Waals surface area contributed by atoms with Crippen LogP contribution in [0, 0.1) is 0 Å². The topological polar surface area (TPSA) is 117 Å². The number of benzene rings is 2. The first-order valence-corrected chi connectivity index (χ1v) is 13.1. The number of aromatic nitrogens is 2. The number of nitrogens with zero attached hydrogens (tertiary/aromatic N) is 4. The number of aliphatic carboxylic acids is 1. The number of carboxylic acids is 1. The zero-order valence-corrected chi connectivity index (χ0v) is 23.6. The van der Waals surface area contributed by atoms with Gasteiger partial charge < -0.3 is 20.1 Å². The molecule has 238 valence electrons. The molecule has 2 heterocycles. The van der Waals surface area contributed by atoms with Gasteiger partial charge in [0.05, 0.1) is 11.3 Å². The number of carbonyl (C=O) groups is 3. The first-order valence-electron chi connectivity index (χ1n) is 13.1. The van der Waals surface area contributed by atoms with E-state index in [0.29, 0.717) is 43.2 Å². The van der Waals surface area contributed by atoms with Crippen LogP contribution in [0.5, 0.6) is 5.75 Å². The van der Waals surface area contributed by atoms with Crippen LogP contribution >= 0.6 is 0 Å². The normalized spacial score (nSPS) is 14.0. The highest BCUT2D eigenvalue weighted by molar-refractivity contribution is 6.04. The molecule has 1 aliphatic heterocycles. The Morgan fingerprint density at radius 1 is 0.977 bits per heavy atom. The fourth-order valence-corrected chi connectivity index (χ4v) is 4.18.